The second-order valence-corrected chi connectivity index (χ2v) is 15.2. The fourth-order valence-electron chi connectivity index (χ4n) is 7.63. The molecule has 10 heteroatoms. The quantitative estimate of drug-likeness (QED) is 0.0687. The second kappa shape index (κ2) is 22.0. The first-order chi connectivity index (χ1) is 24.3. The van der Waals surface area contributed by atoms with Crippen LogP contribution in [0.2, 0.25) is 0 Å². The van der Waals surface area contributed by atoms with Gasteiger partial charge in [-0.05, 0) is 98.3 Å². The monoisotopic (exact) mass is 725 g/mol. The molecule has 0 aromatic heterocycles. The van der Waals surface area contributed by atoms with E-state index in [-0.39, 0.29) is 49.8 Å². The molecule has 2 fully saturated rings. The molecule has 2 aromatic rings. The van der Waals surface area contributed by atoms with E-state index in [1.54, 1.807) is 12.1 Å². The summed E-state index contributed by atoms with van der Waals surface area (Å²) in [4.78, 5) is 0. The Balaban J connectivity index is 1.07. The number of unbranched alkanes of at least 4 members (excludes halogenated alkanes) is 4. The standard InChI is InChI=1S/C40H58F4O5P/c1-3-5-7-11-29-13-17-31(18-14-29)33-21-23-35(39(43)37(33)41)46-25-9-27-48-50(45)49-28-10-26-47-36-24-22-34(38(42)40(36)44)32-19-15-30(16-20-32)12-8-6-4-2/h21-24,29-32H,3-20,25-28H2,1-2H3/q+1. The lowest BCUT2D eigenvalue weighted by atomic mass is 9.77. The van der Waals surface area contributed by atoms with Crippen molar-refractivity contribution in [3.05, 3.63) is 58.7 Å². The molecule has 4 rings (SSSR count). The van der Waals surface area contributed by atoms with Gasteiger partial charge in [-0.3, -0.25) is 0 Å². The number of halogens is 4. The van der Waals surface area contributed by atoms with E-state index >= 15 is 0 Å². The summed E-state index contributed by atoms with van der Waals surface area (Å²) in [5.41, 5.74) is 0.862. The maximum atomic E-state index is 14.9. The lowest BCUT2D eigenvalue weighted by Gasteiger charge is -2.29. The van der Waals surface area contributed by atoms with Crippen LogP contribution in [0, 0.1) is 35.1 Å². The van der Waals surface area contributed by atoms with Crippen LogP contribution in [0.1, 0.15) is 152 Å². The maximum absolute atomic E-state index is 14.9. The lowest BCUT2D eigenvalue weighted by Crippen LogP contribution is -2.15. The van der Waals surface area contributed by atoms with Gasteiger partial charge >= 0.3 is 8.25 Å². The summed E-state index contributed by atoms with van der Waals surface area (Å²) in [5.74, 6) is -2.45. The Labute approximate surface area is 298 Å². The molecule has 0 N–H and O–H groups in total. The minimum atomic E-state index is -2.41. The van der Waals surface area contributed by atoms with Crippen LogP contribution in [0.5, 0.6) is 11.5 Å². The average molecular weight is 726 g/mol. The third kappa shape index (κ3) is 12.5. The molecule has 50 heavy (non-hydrogen) atoms. The third-order valence-electron chi connectivity index (χ3n) is 10.6. The largest absolute Gasteiger partial charge is 0.697 e. The number of ether oxygens (including phenoxy) is 2. The van der Waals surface area contributed by atoms with Gasteiger partial charge in [0.25, 0.3) is 0 Å². The van der Waals surface area contributed by atoms with Crippen LogP contribution >= 0.6 is 8.25 Å². The van der Waals surface area contributed by atoms with E-state index in [4.69, 9.17) is 18.5 Å². The molecule has 2 aliphatic rings. The zero-order chi connectivity index (χ0) is 35.7. The Morgan fingerprint density at radius 2 is 0.940 bits per heavy atom. The fraction of sp³-hybridized carbons (Fsp3) is 0.700. The minimum absolute atomic E-state index is 0.0345. The summed E-state index contributed by atoms with van der Waals surface area (Å²) >= 11 is 0. The van der Waals surface area contributed by atoms with E-state index in [2.05, 4.69) is 13.8 Å². The van der Waals surface area contributed by atoms with Gasteiger partial charge in [-0.2, -0.15) is 8.78 Å². The van der Waals surface area contributed by atoms with Crippen LogP contribution in [0.25, 0.3) is 0 Å². The zero-order valence-corrected chi connectivity index (χ0v) is 31.1. The molecule has 0 heterocycles. The van der Waals surface area contributed by atoms with Gasteiger partial charge in [0, 0.05) is 17.4 Å². The van der Waals surface area contributed by atoms with Crippen LogP contribution in [0.4, 0.5) is 17.6 Å². The number of hydrogen-bond acceptors (Lipinski definition) is 5. The van der Waals surface area contributed by atoms with Crippen molar-refractivity contribution in [2.24, 2.45) is 11.8 Å². The predicted octanol–water partition coefficient (Wildman–Crippen LogP) is 12.9. The van der Waals surface area contributed by atoms with E-state index < -0.39 is 31.5 Å². The first-order valence-electron chi connectivity index (χ1n) is 19.3. The molecule has 0 aliphatic heterocycles. The number of hydrogen-bond donors (Lipinski definition) is 0. The van der Waals surface area contributed by atoms with Crippen LogP contribution < -0.4 is 9.47 Å². The van der Waals surface area contributed by atoms with Crippen molar-refractivity contribution in [2.45, 2.75) is 141 Å². The molecule has 0 radical (unpaired) electrons. The zero-order valence-electron chi connectivity index (χ0n) is 30.2. The van der Waals surface area contributed by atoms with Crippen LogP contribution in [0.3, 0.4) is 0 Å². The smallest absolute Gasteiger partial charge is 0.490 e. The summed E-state index contributed by atoms with van der Waals surface area (Å²) in [6.45, 7) is 4.57. The van der Waals surface area contributed by atoms with E-state index in [0.717, 1.165) is 51.4 Å². The highest BCUT2D eigenvalue weighted by Crippen LogP contribution is 2.41. The van der Waals surface area contributed by atoms with Gasteiger partial charge in [-0.15, -0.1) is 9.05 Å². The van der Waals surface area contributed by atoms with E-state index in [1.807, 2.05) is 0 Å². The summed E-state index contributed by atoms with van der Waals surface area (Å²) in [5, 5.41) is 0. The Kier molecular flexibility index (Phi) is 17.8. The third-order valence-corrected chi connectivity index (χ3v) is 11.4. The first-order valence-corrected chi connectivity index (χ1v) is 20.4. The lowest BCUT2D eigenvalue weighted by molar-refractivity contribution is 0.190. The summed E-state index contributed by atoms with van der Waals surface area (Å²) in [6, 6.07) is 6.26. The fourth-order valence-corrected chi connectivity index (χ4v) is 8.27. The molecule has 2 saturated carbocycles. The molecule has 2 aromatic carbocycles. The van der Waals surface area contributed by atoms with E-state index in [1.165, 1.54) is 63.5 Å². The number of rotatable bonds is 22. The van der Waals surface area contributed by atoms with E-state index in [0.29, 0.717) is 35.8 Å². The van der Waals surface area contributed by atoms with Crippen LogP contribution in [0.15, 0.2) is 24.3 Å². The second-order valence-electron chi connectivity index (χ2n) is 14.3. The molecule has 5 nitrogen and oxygen atoms in total. The van der Waals surface area contributed by atoms with Gasteiger partial charge in [-0.25, -0.2) is 8.78 Å². The van der Waals surface area contributed by atoms with Crippen molar-refractivity contribution in [1.82, 2.24) is 0 Å². The van der Waals surface area contributed by atoms with Crippen LogP contribution in [-0.4, -0.2) is 26.4 Å². The van der Waals surface area contributed by atoms with Crippen molar-refractivity contribution in [3.63, 3.8) is 0 Å². The van der Waals surface area contributed by atoms with Gasteiger partial charge in [-0.1, -0.05) is 77.3 Å². The van der Waals surface area contributed by atoms with Gasteiger partial charge in [0.2, 0.25) is 11.6 Å². The van der Waals surface area contributed by atoms with Gasteiger partial charge in [0.15, 0.2) is 23.1 Å². The molecule has 2 aliphatic carbocycles. The molecular formula is C40H58F4O5P+. The van der Waals surface area contributed by atoms with Crippen molar-refractivity contribution < 1.29 is 40.6 Å². The first kappa shape index (κ1) is 40.5. The van der Waals surface area contributed by atoms with Crippen LogP contribution in [-0.2, 0) is 13.6 Å². The Hall–Kier alpha value is -2.22. The number of benzene rings is 2. The highest BCUT2D eigenvalue weighted by molar-refractivity contribution is 7.33. The summed E-state index contributed by atoms with van der Waals surface area (Å²) in [6.07, 6.45) is 18.2. The Morgan fingerprint density at radius 1 is 0.540 bits per heavy atom. The SMILES string of the molecule is CCCCCC1CCC(c2ccc(OCCCO[P+](=O)OCCCOc3ccc(C4CCC(CCCCC)CC4)c(F)c3F)c(F)c2F)CC1. The molecule has 0 unspecified atom stereocenters. The van der Waals surface area contributed by atoms with Crippen molar-refractivity contribution in [2.75, 3.05) is 26.4 Å². The van der Waals surface area contributed by atoms with Crippen molar-refractivity contribution in [1.29, 1.82) is 0 Å². The molecule has 0 amide bonds. The molecule has 0 spiro atoms. The average Bonchev–Trinajstić information content (AvgIpc) is 3.12. The highest BCUT2D eigenvalue weighted by atomic mass is 31.1. The molecule has 0 bridgehead atoms. The highest BCUT2D eigenvalue weighted by Gasteiger charge is 2.28. The minimum Gasteiger partial charge on any atom is -0.490 e. The summed E-state index contributed by atoms with van der Waals surface area (Å²) < 4.78 is 92.7. The van der Waals surface area contributed by atoms with Crippen molar-refractivity contribution in [3.8, 4) is 11.5 Å². The molecular weight excluding hydrogens is 667 g/mol. The molecule has 0 atom stereocenters. The van der Waals surface area contributed by atoms with Crippen molar-refractivity contribution >= 4 is 8.25 Å². The maximum Gasteiger partial charge on any atom is 0.697 e. The van der Waals surface area contributed by atoms with Gasteiger partial charge < -0.3 is 9.47 Å². The Bertz CT molecular complexity index is 1210. The van der Waals surface area contributed by atoms with Gasteiger partial charge in [0.1, 0.15) is 13.2 Å². The molecule has 0 saturated heterocycles. The van der Waals surface area contributed by atoms with E-state index in [9.17, 15) is 22.1 Å². The molecule has 280 valence electrons. The summed E-state index contributed by atoms with van der Waals surface area (Å²) in [7, 11) is -2.41. The predicted molar refractivity (Wildman–Crippen MR) is 190 cm³/mol. The topological polar surface area (TPSA) is 54.0 Å². The normalized spacial score (nSPS) is 21.3. The Morgan fingerprint density at radius 3 is 1.32 bits per heavy atom. The van der Waals surface area contributed by atoms with Gasteiger partial charge in [0.05, 0.1) is 13.2 Å².